The quantitative estimate of drug-likeness (QED) is 0.672. The van der Waals surface area contributed by atoms with Crippen molar-refractivity contribution in [2.75, 3.05) is 39.2 Å². The number of hydrogen-bond donors (Lipinski definition) is 1. The van der Waals surface area contributed by atoms with Crippen molar-refractivity contribution in [3.8, 4) is 5.75 Å². The zero-order valence-electron chi connectivity index (χ0n) is 18.1. The lowest BCUT2D eigenvalue weighted by Crippen LogP contribution is -2.49. The number of fused-ring (bicyclic) bond motifs is 4. The number of nitrogens with one attached hydrogen (secondary N) is 1. The third-order valence-electron chi connectivity index (χ3n) is 6.08. The lowest BCUT2D eigenvalue weighted by Gasteiger charge is -2.42. The summed E-state index contributed by atoms with van der Waals surface area (Å²) in [4.78, 5) is 25.2. The number of methoxy groups -OCH3 is 2. The summed E-state index contributed by atoms with van der Waals surface area (Å²) in [5.74, 6) is 0.253. The number of piperidine rings is 1. The van der Waals surface area contributed by atoms with Crippen LogP contribution in [-0.4, -0.2) is 57.1 Å². The van der Waals surface area contributed by atoms with Gasteiger partial charge >= 0.3 is 0 Å². The molecule has 9 nitrogen and oxygen atoms in total. The highest BCUT2D eigenvalue weighted by Gasteiger charge is 2.39. The lowest BCUT2D eigenvalue weighted by atomic mass is 9.84. The average Bonchev–Trinajstić information content (AvgIpc) is 2.79. The Balaban J connectivity index is 1.56. The number of benzene rings is 1. The van der Waals surface area contributed by atoms with Crippen molar-refractivity contribution in [3.05, 3.63) is 52.4 Å². The minimum Gasteiger partial charge on any atom is -0.497 e. The van der Waals surface area contributed by atoms with Gasteiger partial charge in [0.1, 0.15) is 11.4 Å². The van der Waals surface area contributed by atoms with Crippen LogP contribution >= 0.6 is 0 Å². The third kappa shape index (κ3) is 4.30. The van der Waals surface area contributed by atoms with Crippen LogP contribution < -0.4 is 15.6 Å². The predicted molar refractivity (Wildman–Crippen MR) is 118 cm³/mol. The van der Waals surface area contributed by atoms with Gasteiger partial charge in [0.05, 0.1) is 25.0 Å². The molecule has 0 spiro atoms. The van der Waals surface area contributed by atoms with Gasteiger partial charge in [-0.05, 0) is 48.7 Å². The van der Waals surface area contributed by atoms with Gasteiger partial charge in [0, 0.05) is 38.4 Å². The summed E-state index contributed by atoms with van der Waals surface area (Å²) in [5.41, 5.74) is 0.780. The van der Waals surface area contributed by atoms with Crippen LogP contribution in [0.1, 0.15) is 24.5 Å². The highest BCUT2D eigenvalue weighted by molar-refractivity contribution is 7.89. The molecule has 3 heterocycles. The van der Waals surface area contributed by atoms with Crippen LogP contribution in [-0.2, 0) is 26.1 Å². The van der Waals surface area contributed by atoms with Crippen LogP contribution in [0.25, 0.3) is 0 Å². The van der Waals surface area contributed by atoms with E-state index in [9.17, 15) is 18.0 Å². The largest absolute Gasteiger partial charge is 0.497 e. The SMILES string of the molecule is COCCC(=O)Nc1ccc2n(c1=O)CC1CC2CN(S(=O)(=O)c2ccc(OC)cc2)C1. The molecule has 0 radical (unpaired) electrons. The molecule has 4 rings (SSSR count). The number of pyridine rings is 1. The third-order valence-corrected chi connectivity index (χ3v) is 7.92. The Morgan fingerprint density at radius 1 is 1.09 bits per heavy atom. The van der Waals surface area contributed by atoms with E-state index in [2.05, 4.69) is 5.32 Å². The van der Waals surface area contributed by atoms with Gasteiger partial charge in [0.2, 0.25) is 15.9 Å². The fourth-order valence-electron chi connectivity index (χ4n) is 4.50. The Morgan fingerprint density at radius 3 is 2.53 bits per heavy atom. The monoisotopic (exact) mass is 461 g/mol. The fraction of sp³-hybridized carbons (Fsp3) is 0.455. The van der Waals surface area contributed by atoms with Crippen LogP contribution in [0.4, 0.5) is 5.69 Å². The van der Waals surface area contributed by atoms with Crippen LogP contribution in [0.5, 0.6) is 5.75 Å². The minimum atomic E-state index is -3.65. The summed E-state index contributed by atoms with van der Waals surface area (Å²) < 4.78 is 39.6. The zero-order chi connectivity index (χ0) is 22.9. The van der Waals surface area contributed by atoms with E-state index in [-0.39, 0.29) is 46.9 Å². The Labute approximate surface area is 187 Å². The Kier molecular flexibility index (Phi) is 6.36. The van der Waals surface area contributed by atoms with Gasteiger partial charge in [-0.15, -0.1) is 0 Å². The number of ether oxygens (including phenoxy) is 2. The molecule has 32 heavy (non-hydrogen) atoms. The molecule has 2 atom stereocenters. The van der Waals surface area contributed by atoms with E-state index in [1.807, 2.05) is 6.07 Å². The van der Waals surface area contributed by atoms with E-state index >= 15 is 0 Å². The normalized spacial score (nSPS) is 20.4. The van der Waals surface area contributed by atoms with Crippen LogP contribution in [0.2, 0.25) is 0 Å². The standard InChI is InChI=1S/C22H27N3O6S/c1-30-10-9-21(26)23-19-7-8-20-16-11-15(13-25(20)22(19)27)12-24(14-16)32(28,29)18-5-3-17(31-2)4-6-18/h3-8,15-16H,9-14H2,1-2H3,(H,23,26). The molecule has 2 unspecified atom stereocenters. The lowest BCUT2D eigenvalue weighted by molar-refractivity contribution is -0.117. The van der Waals surface area contributed by atoms with E-state index in [0.29, 0.717) is 25.4 Å². The molecule has 0 saturated carbocycles. The van der Waals surface area contributed by atoms with E-state index in [1.54, 1.807) is 34.9 Å². The molecule has 2 aliphatic heterocycles. The molecule has 1 aromatic carbocycles. The van der Waals surface area contributed by atoms with Gasteiger partial charge < -0.3 is 19.4 Å². The molecule has 172 valence electrons. The zero-order valence-corrected chi connectivity index (χ0v) is 18.9. The maximum absolute atomic E-state index is 13.2. The first-order chi connectivity index (χ1) is 15.3. The van der Waals surface area contributed by atoms with Crippen molar-refractivity contribution < 1.29 is 22.7 Å². The Hall–Kier alpha value is -2.69. The second-order valence-electron chi connectivity index (χ2n) is 8.17. The van der Waals surface area contributed by atoms with E-state index in [1.165, 1.54) is 18.5 Å². The van der Waals surface area contributed by atoms with Crippen molar-refractivity contribution >= 4 is 21.6 Å². The number of hydrogen-bond acceptors (Lipinski definition) is 6. The molecule has 2 aromatic rings. The van der Waals surface area contributed by atoms with Gasteiger partial charge in [0.15, 0.2) is 0 Å². The Bertz CT molecular complexity index is 1160. The topological polar surface area (TPSA) is 107 Å². The van der Waals surface area contributed by atoms with E-state index in [0.717, 1.165) is 12.1 Å². The molecule has 1 fully saturated rings. The van der Waals surface area contributed by atoms with Gasteiger partial charge in [0.25, 0.3) is 5.56 Å². The van der Waals surface area contributed by atoms with E-state index in [4.69, 9.17) is 9.47 Å². The number of amides is 1. The molecule has 2 aliphatic rings. The summed E-state index contributed by atoms with van der Waals surface area (Å²) in [6.45, 7) is 1.35. The fourth-order valence-corrected chi connectivity index (χ4v) is 6.06. The van der Waals surface area contributed by atoms with Crippen LogP contribution in [0.15, 0.2) is 46.1 Å². The summed E-state index contributed by atoms with van der Waals surface area (Å²) in [5, 5.41) is 2.66. The molecule has 10 heteroatoms. The number of nitrogens with zero attached hydrogens (tertiary/aromatic N) is 2. The number of carbonyl (C=O) groups excluding carboxylic acids is 1. The first-order valence-electron chi connectivity index (χ1n) is 10.5. The second kappa shape index (κ2) is 9.05. The van der Waals surface area contributed by atoms with Crippen LogP contribution in [0, 0.1) is 5.92 Å². The number of sulfonamides is 1. The van der Waals surface area contributed by atoms with Gasteiger partial charge in [-0.25, -0.2) is 8.42 Å². The molecule has 1 aromatic heterocycles. The Morgan fingerprint density at radius 2 is 1.84 bits per heavy atom. The second-order valence-corrected chi connectivity index (χ2v) is 10.1. The number of rotatable bonds is 7. The smallest absolute Gasteiger partial charge is 0.274 e. The van der Waals surface area contributed by atoms with E-state index < -0.39 is 10.0 Å². The molecule has 2 bridgehead atoms. The van der Waals surface area contributed by atoms with Crippen molar-refractivity contribution in [1.29, 1.82) is 0 Å². The highest BCUT2D eigenvalue weighted by atomic mass is 32.2. The van der Waals surface area contributed by atoms with Crippen LogP contribution in [0.3, 0.4) is 0 Å². The average molecular weight is 462 g/mol. The van der Waals surface area contributed by atoms with Gasteiger partial charge in [-0.3, -0.25) is 9.59 Å². The molecule has 1 N–H and O–H groups in total. The van der Waals surface area contributed by atoms with Gasteiger partial charge in [-0.2, -0.15) is 4.31 Å². The molecule has 0 aliphatic carbocycles. The molecular formula is C22H27N3O6S. The van der Waals surface area contributed by atoms with Crippen molar-refractivity contribution in [2.45, 2.75) is 30.2 Å². The number of aromatic nitrogens is 1. The van der Waals surface area contributed by atoms with Gasteiger partial charge in [-0.1, -0.05) is 0 Å². The first-order valence-corrected chi connectivity index (χ1v) is 11.9. The number of anilines is 1. The molecule has 1 saturated heterocycles. The highest BCUT2D eigenvalue weighted by Crippen LogP contribution is 2.37. The summed E-state index contributed by atoms with van der Waals surface area (Å²) >= 11 is 0. The first kappa shape index (κ1) is 22.5. The molecular weight excluding hydrogens is 434 g/mol. The summed E-state index contributed by atoms with van der Waals surface area (Å²) in [7, 11) is -0.608. The van der Waals surface area contributed by atoms with Crippen molar-refractivity contribution in [1.82, 2.24) is 8.87 Å². The number of carbonyl (C=O) groups is 1. The summed E-state index contributed by atoms with van der Waals surface area (Å²) in [6.07, 6.45) is 0.995. The van der Waals surface area contributed by atoms with Crippen molar-refractivity contribution in [2.24, 2.45) is 5.92 Å². The molecule has 1 amide bonds. The summed E-state index contributed by atoms with van der Waals surface area (Å²) in [6, 6.07) is 9.79. The maximum atomic E-state index is 13.2. The minimum absolute atomic E-state index is 0.0198. The maximum Gasteiger partial charge on any atom is 0.274 e. The van der Waals surface area contributed by atoms with Crippen molar-refractivity contribution in [3.63, 3.8) is 0 Å². The predicted octanol–water partition coefficient (Wildman–Crippen LogP) is 1.64.